The molecule has 0 aliphatic rings. The monoisotopic (exact) mass is 203 g/mol. The molecule has 0 radical (unpaired) electrons. The molecule has 0 bridgehead atoms. The summed E-state index contributed by atoms with van der Waals surface area (Å²) < 4.78 is 10.8. The predicted molar refractivity (Wildman–Crippen MR) is 59.6 cm³/mol. The van der Waals surface area contributed by atoms with Gasteiger partial charge < -0.3 is 14.8 Å². The fourth-order valence-corrected chi connectivity index (χ4v) is 1.17. The van der Waals surface area contributed by atoms with Gasteiger partial charge in [0, 0.05) is 19.6 Å². The average Bonchev–Trinajstić information content (AvgIpc) is 2.21. The van der Waals surface area contributed by atoms with Gasteiger partial charge in [-0.05, 0) is 19.9 Å². The van der Waals surface area contributed by atoms with E-state index in [9.17, 15) is 0 Å². The number of rotatable bonds is 9. The van der Waals surface area contributed by atoms with Gasteiger partial charge in [-0.3, -0.25) is 0 Å². The smallest absolute Gasteiger partial charge is 0.0544 e. The minimum absolute atomic E-state index is 0.357. The molecule has 1 N–H and O–H groups in total. The van der Waals surface area contributed by atoms with E-state index >= 15 is 0 Å². The normalized spacial score (nSPS) is 15.4. The van der Waals surface area contributed by atoms with Crippen molar-refractivity contribution in [2.45, 2.75) is 33.3 Å². The standard InChI is InChI=1S/C11H25NO2/c1-5-10(3)14-9-11(8-13-4)7-12-6-2/h10-12H,5-9H2,1-4H3/t10-,11?/m1/s1. The summed E-state index contributed by atoms with van der Waals surface area (Å²) in [5.74, 6) is 0.467. The fraction of sp³-hybridized carbons (Fsp3) is 1.00. The van der Waals surface area contributed by atoms with E-state index in [1.54, 1.807) is 7.11 Å². The molecule has 0 rings (SSSR count). The van der Waals surface area contributed by atoms with Crippen molar-refractivity contribution in [1.29, 1.82) is 0 Å². The highest BCUT2D eigenvalue weighted by Gasteiger charge is 2.09. The zero-order valence-corrected chi connectivity index (χ0v) is 10.0. The van der Waals surface area contributed by atoms with Crippen LogP contribution in [-0.2, 0) is 9.47 Å². The second-order valence-electron chi connectivity index (χ2n) is 3.68. The van der Waals surface area contributed by atoms with Crippen LogP contribution >= 0.6 is 0 Å². The predicted octanol–water partition coefficient (Wildman–Crippen LogP) is 1.67. The third kappa shape index (κ3) is 7.30. The van der Waals surface area contributed by atoms with Crippen LogP contribution in [0.15, 0.2) is 0 Å². The summed E-state index contributed by atoms with van der Waals surface area (Å²) in [6.45, 7) is 9.89. The number of ether oxygens (including phenoxy) is 2. The first-order valence-corrected chi connectivity index (χ1v) is 5.55. The summed E-state index contributed by atoms with van der Waals surface area (Å²) >= 11 is 0. The Labute approximate surface area is 88.2 Å². The van der Waals surface area contributed by atoms with Crippen LogP contribution in [-0.4, -0.2) is 39.5 Å². The van der Waals surface area contributed by atoms with E-state index in [4.69, 9.17) is 9.47 Å². The molecule has 0 saturated carbocycles. The number of hydrogen-bond donors (Lipinski definition) is 1. The maximum atomic E-state index is 5.68. The second kappa shape index (κ2) is 9.44. The van der Waals surface area contributed by atoms with Crippen LogP contribution in [0.4, 0.5) is 0 Å². The van der Waals surface area contributed by atoms with Gasteiger partial charge in [-0.2, -0.15) is 0 Å². The Hall–Kier alpha value is -0.120. The Morgan fingerprint density at radius 3 is 2.43 bits per heavy atom. The van der Waals surface area contributed by atoms with Gasteiger partial charge in [0.05, 0.1) is 19.3 Å². The second-order valence-corrected chi connectivity index (χ2v) is 3.68. The summed E-state index contributed by atoms with van der Waals surface area (Å²) in [5.41, 5.74) is 0. The van der Waals surface area contributed by atoms with E-state index in [2.05, 4.69) is 26.1 Å². The Kier molecular flexibility index (Phi) is 9.35. The van der Waals surface area contributed by atoms with Gasteiger partial charge in [-0.25, -0.2) is 0 Å². The van der Waals surface area contributed by atoms with Crippen LogP contribution in [0.1, 0.15) is 27.2 Å². The third-order valence-corrected chi connectivity index (χ3v) is 2.28. The summed E-state index contributed by atoms with van der Waals surface area (Å²) in [5, 5.41) is 3.31. The van der Waals surface area contributed by atoms with Gasteiger partial charge >= 0.3 is 0 Å². The quantitative estimate of drug-likeness (QED) is 0.618. The lowest BCUT2D eigenvalue weighted by molar-refractivity contribution is 0.0157. The molecule has 14 heavy (non-hydrogen) atoms. The summed E-state index contributed by atoms with van der Waals surface area (Å²) in [7, 11) is 1.74. The van der Waals surface area contributed by atoms with Crippen LogP contribution in [0.3, 0.4) is 0 Å². The third-order valence-electron chi connectivity index (χ3n) is 2.28. The summed E-state index contributed by atoms with van der Waals surface area (Å²) in [6, 6.07) is 0. The van der Waals surface area contributed by atoms with Crippen molar-refractivity contribution in [2.75, 3.05) is 33.4 Å². The molecule has 0 aliphatic carbocycles. The Bertz CT molecular complexity index is 120. The molecule has 0 fully saturated rings. The molecular formula is C11H25NO2. The number of methoxy groups -OCH3 is 1. The number of nitrogens with one attached hydrogen (secondary N) is 1. The van der Waals surface area contributed by atoms with Crippen LogP contribution in [0.2, 0.25) is 0 Å². The van der Waals surface area contributed by atoms with Crippen molar-refractivity contribution >= 4 is 0 Å². The molecule has 0 spiro atoms. The molecule has 0 aromatic carbocycles. The van der Waals surface area contributed by atoms with Crippen LogP contribution in [0.25, 0.3) is 0 Å². The molecule has 2 atom stereocenters. The molecule has 0 aromatic heterocycles. The van der Waals surface area contributed by atoms with Crippen molar-refractivity contribution in [3.63, 3.8) is 0 Å². The van der Waals surface area contributed by atoms with Gasteiger partial charge in [-0.15, -0.1) is 0 Å². The lowest BCUT2D eigenvalue weighted by Gasteiger charge is -2.19. The minimum Gasteiger partial charge on any atom is -0.384 e. The lowest BCUT2D eigenvalue weighted by Crippen LogP contribution is -2.30. The topological polar surface area (TPSA) is 30.5 Å². The van der Waals surface area contributed by atoms with Gasteiger partial charge in [0.15, 0.2) is 0 Å². The summed E-state index contributed by atoms with van der Waals surface area (Å²) in [4.78, 5) is 0. The molecule has 0 saturated heterocycles. The molecule has 0 heterocycles. The van der Waals surface area contributed by atoms with E-state index < -0.39 is 0 Å². The minimum atomic E-state index is 0.357. The zero-order chi connectivity index (χ0) is 10.8. The largest absolute Gasteiger partial charge is 0.384 e. The Morgan fingerprint density at radius 2 is 1.93 bits per heavy atom. The highest BCUT2D eigenvalue weighted by atomic mass is 16.5. The molecule has 3 heteroatoms. The molecule has 1 unspecified atom stereocenters. The first-order chi connectivity index (χ1) is 6.74. The molecule has 3 nitrogen and oxygen atoms in total. The van der Waals surface area contributed by atoms with Crippen molar-refractivity contribution < 1.29 is 9.47 Å². The lowest BCUT2D eigenvalue weighted by atomic mass is 10.1. The average molecular weight is 203 g/mol. The first-order valence-electron chi connectivity index (χ1n) is 5.55. The van der Waals surface area contributed by atoms with Gasteiger partial charge in [0.25, 0.3) is 0 Å². The zero-order valence-electron chi connectivity index (χ0n) is 10.0. The maximum absolute atomic E-state index is 5.68. The Balaban J connectivity index is 3.60. The van der Waals surface area contributed by atoms with E-state index in [-0.39, 0.29) is 0 Å². The van der Waals surface area contributed by atoms with Crippen molar-refractivity contribution in [1.82, 2.24) is 5.32 Å². The summed E-state index contributed by atoms with van der Waals surface area (Å²) in [6.07, 6.45) is 1.43. The molecule has 0 aliphatic heterocycles. The van der Waals surface area contributed by atoms with E-state index in [0.717, 1.165) is 32.7 Å². The fourth-order valence-electron chi connectivity index (χ4n) is 1.17. The molecular weight excluding hydrogens is 178 g/mol. The maximum Gasteiger partial charge on any atom is 0.0544 e. The van der Waals surface area contributed by atoms with Crippen LogP contribution in [0, 0.1) is 5.92 Å². The number of hydrogen-bond acceptors (Lipinski definition) is 3. The van der Waals surface area contributed by atoms with Gasteiger partial charge in [0.2, 0.25) is 0 Å². The van der Waals surface area contributed by atoms with Crippen LogP contribution in [0.5, 0.6) is 0 Å². The SMILES string of the molecule is CCNCC(COC)CO[C@H](C)CC. The van der Waals surface area contributed by atoms with E-state index in [0.29, 0.717) is 12.0 Å². The van der Waals surface area contributed by atoms with Crippen molar-refractivity contribution in [3.8, 4) is 0 Å². The van der Waals surface area contributed by atoms with Gasteiger partial charge in [-0.1, -0.05) is 13.8 Å². The van der Waals surface area contributed by atoms with Crippen molar-refractivity contribution in [2.24, 2.45) is 5.92 Å². The molecule has 0 aromatic rings. The highest BCUT2D eigenvalue weighted by Crippen LogP contribution is 2.02. The van der Waals surface area contributed by atoms with Crippen molar-refractivity contribution in [3.05, 3.63) is 0 Å². The van der Waals surface area contributed by atoms with Crippen LogP contribution < -0.4 is 5.32 Å². The Morgan fingerprint density at radius 1 is 1.21 bits per heavy atom. The molecule has 86 valence electrons. The first kappa shape index (κ1) is 13.9. The highest BCUT2D eigenvalue weighted by molar-refractivity contribution is 4.61. The van der Waals surface area contributed by atoms with Gasteiger partial charge in [0.1, 0.15) is 0 Å². The van der Waals surface area contributed by atoms with E-state index in [1.165, 1.54) is 0 Å². The van der Waals surface area contributed by atoms with E-state index in [1.807, 2.05) is 0 Å². The molecule has 0 amide bonds.